The van der Waals surface area contributed by atoms with Gasteiger partial charge in [-0.1, -0.05) is 12.1 Å². The highest BCUT2D eigenvalue weighted by Crippen LogP contribution is 2.11. The van der Waals surface area contributed by atoms with Crippen molar-refractivity contribution in [3.05, 3.63) is 50.7 Å². The van der Waals surface area contributed by atoms with E-state index in [2.05, 4.69) is 26.0 Å². The molecule has 1 heterocycles. The van der Waals surface area contributed by atoms with E-state index in [0.29, 0.717) is 6.61 Å². The lowest BCUT2D eigenvalue weighted by atomic mass is 10.2. The van der Waals surface area contributed by atoms with Crippen molar-refractivity contribution in [3.63, 3.8) is 0 Å². The van der Waals surface area contributed by atoms with Gasteiger partial charge in [0.2, 0.25) is 11.7 Å². The third kappa shape index (κ3) is 5.94. The van der Waals surface area contributed by atoms with Crippen molar-refractivity contribution in [2.75, 3.05) is 18.5 Å². The van der Waals surface area contributed by atoms with E-state index >= 15 is 0 Å². The standard InChI is InChI=1S/C15H18N6O4/c1-2-25-11-5-3-4-10(8-11)9-17-19-12(22)6-7-16-13-14(23)18-15(24)21-20-13/h3-5,8-9H,2,6-7H2,1H3,(H,16,20)(H,19,22)(H2,18,21,23,24)/b17-9+. The number of anilines is 1. The number of hydrogen-bond acceptors (Lipinski definition) is 7. The van der Waals surface area contributed by atoms with Gasteiger partial charge in [0.1, 0.15) is 5.75 Å². The number of nitrogens with one attached hydrogen (secondary N) is 4. The Morgan fingerprint density at radius 1 is 1.40 bits per heavy atom. The first-order valence-corrected chi connectivity index (χ1v) is 7.56. The molecule has 1 aromatic heterocycles. The van der Waals surface area contributed by atoms with Gasteiger partial charge in [-0.3, -0.25) is 14.6 Å². The summed E-state index contributed by atoms with van der Waals surface area (Å²) in [7, 11) is 0. The summed E-state index contributed by atoms with van der Waals surface area (Å²) in [5.41, 5.74) is 1.81. The molecule has 4 N–H and O–H groups in total. The molecule has 0 atom stereocenters. The fourth-order valence-electron chi connectivity index (χ4n) is 1.85. The van der Waals surface area contributed by atoms with Crippen LogP contribution in [0.4, 0.5) is 5.82 Å². The molecule has 10 nitrogen and oxygen atoms in total. The Morgan fingerprint density at radius 2 is 2.24 bits per heavy atom. The van der Waals surface area contributed by atoms with Crippen LogP contribution in [0.5, 0.6) is 5.75 Å². The fourth-order valence-corrected chi connectivity index (χ4v) is 1.85. The summed E-state index contributed by atoms with van der Waals surface area (Å²) in [6, 6.07) is 7.28. The largest absolute Gasteiger partial charge is 0.494 e. The molecule has 0 saturated heterocycles. The van der Waals surface area contributed by atoms with Crippen LogP contribution in [-0.2, 0) is 4.79 Å². The molecule has 1 aromatic carbocycles. The normalized spacial score (nSPS) is 10.6. The number of ether oxygens (including phenoxy) is 1. The van der Waals surface area contributed by atoms with Gasteiger partial charge in [0.05, 0.1) is 12.8 Å². The van der Waals surface area contributed by atoms with Crippen molar-refractivity contribution < 1.29 is 9.53 Å². The molecule has 0 fully saturated rings. The molecule has 0 aliphatic rings. The third-order valence-electron chi connectivity index (χ3n) is 2.93. The Labute approximate surface area is 142 Å². The number of H-pyrrole nitrogens is 2. The molecular weight excluding hydrogens is 328 g/mol. The van der Waals surface area contributed by atoms with Crippen LogP contribution in [0.3, 0.4) is 0 Å². The molecule has 1 amide bonds. The lowest BCUT2D eigenvalue weighted by Crippen LogP contribution is -2.28. The molecule has 0 radical (unpaired) electrons. The minimum atomic E-state index is -0.698. The molecule has 2 rings (SSSR count). The zero-order valence-electron chi connectivity index (χ0n) is 13.5. The molecule has 0 unspecified atom stereocenters. The number of benzene rings is 1. The number of aromatic amines is 2. The molecule has 0 spiro atoms. The van der Waals surface area contributed by atoms with E-state index < -0.39 is 11.2 Å². The van der Waals surface area contributed by atoms with Gasteiger partial charge in [0, 0.05) is 13.0 Å². The van der Waals surface area contributed by atoms with Gasteiger partial charge in [-0.05, 0) is 24.6 Å². The lowest BCUT2D eigenvalue weighted by Gasteiger charge is -2.04. The van der Waals surface area contributed by atoms with Crippen LogP contribution in [0, 0.1) is 0 Å². The maximum absolute atomic E-state index is 11.7. The van der Waals surface area contributed by atoms with E-state index in [1.54, 1.807) is 6.07 Å². The summed E-state index contributed by atoms with van der Waals surface area (Å²) < 4.78 is 5.37. The van der Waals surface area contributed by atoms with Crippen molar-refractivity contribution >= 4 is 17.9 Å². The van der Waals surface area contributed by atoms with Gasteiger partial charge >= 0.3 is 5.69 Å². The number of rotatable bonds is 8. The molecular formula is C15H18N6O4. The summed E-state index contributed by atoms with van der Waals surface area (Å²) in [5, 5.41) is 12.1. The summed E-state index contributed by atoms with van der Waals surface area (Å²) in [6.45, 7) is 2.62. The summed E-state index contributed by atoms with van der Waals surface area (Å²) >= 11 is 0. The number of amides is 1. The van der Waals surface area contributed by atoms with Crippen molar-refractivity contribution in [2.45, 2.75) is 13.3 Å². The van der Waals surface area contributed by atoms with Crippen molar-refractivity contribution in [1.82, 2.24) is 20.6 Å². The number of hydrazone groups is 1. The molecule has 0 saturated carbocycles. The van der Waals surface area contributed by atoms with Gasteiger partial charge in [-0.2, -0.15) is 5.10 Å². The number of nitrogens with zero attached hydrogens (tertiary/aromatic N) is 2. The molecule has 25 heavy (non-hydrogen) atoms. The summed E-state index contributed by atoms with van der Waals surface area (Å²) in [6.07, 6.45) is 1.57. The second kappa shape index (κ2) is 9.01. The summed E-state index contributed by atoms with van der Waals surface area (Å²) in [5.74, 6) is 0.315. The molecule has 10 heteroatoms. The first-order valence-electron chi connectivity index (χ1n) is 7.56. The van der Waals surface area contributed by atoms with E-state index in [-0.39, 0.29) is 24.7 Å². The van der Waals surface area contributed by atoms with Gasteiger partial charge < -0.3 is 10.1 Å². The highest BCUT2D eigenvalue weighted by molar-refractivity contribution is 5.82. The number of aromatic nitrogens is 3. The molecule has 0 aliphatic carbocycles. The Morgan fingerprint density at radius 3 is 3.00 bits per heavy atom. The van der Waals surface area contributed by atoms with E-state index in [0.717, 1.165) is 11.3 Å². The predicted molar refractivity (Wildman–Crippen MR) is 91.9 cm³/mol. The second-order valence-corrected chi connectivity index (χ2v) is 4.83. The average Bonchev–Trinajstić information content (AvgIpc) is 2.57. The topological polar surface area (TPSA) is 141 Å². The van der Waals surface area contributed by atoms with Gasteiger partial charge in [0.15, 0.2) is 0 Å². The zero-order chi connectivity index (χ0) is 18.1. The first kappa shape index (κ1) is 17.9. The van der Waals surface area contributed by atoms with Crippen LogP contribution in [-0.4, -0.2) is 40.5 Å². The molecule has 0 aliphatic heterocycles. The molecule has 0 bridgehead atoms. The van der Waals surface area contributed by atoms with Crippen LogP contribution >= 0.6 is 0 Å². The van der Waals surface area contributed by atoms with E-state index in [1.807, 2.05) is 30.1 Å². The Balaban J connectivity index is 1.77. The summed E-state index contributed by atoms with van der Waals surface area (Å²) in [4.78, 5) is 35.9. The van der Waals surface area contributed by atoms with Crippen LogP contribution < -0.4 is 26.7 Å². The van der Waals surface area contributed by atoms with Crippen molar-refractivity contribution in [3.8, 4) is 5.75 Å². The van der Waals surface area contributed by atoms with Gasteiger partial charge in [0.25, 0.3) is 5.56 Å². The van der Waals surface area contributed by atoms with Gasteiger partial charge in [-0.15, -0.1) is 5.10 Å². The Hall–Kier alpha value is -3.43. The van der Waals surface area contributed by atoms with Crippen LogP contribution in [0.15, 0.2) is 39.0 Å². The van der Waals surface area contributed by atoms with E-state index in [1.165, 1.54) is 6.21 Å². The monoisotopic (exact) mass is 346 g/mol. The maximum atomic E-state index is 11.7. The highest BCUT2D eigenvalue weighted by Gasteiger charge is 2.03. The molecule has 132 valence electrons. The maximum Gasteiger partial charge on any atom is 0.342 e. The number of hydrogen-bond donors (Lipinski definition) is 4. The minimum Gasteiger partial charge on any atom is -0.494 e. The minimum absolute atomic E-state index is 0.0660. The zero-order valence-corrected chi connectivity index (χ0v) is 13.5. The highest BCUT2D eigenvalue weighted by atomic mass is 16.5. The number of carbonyl (C=O) groups excluding carboxylic acids is 1. The third-order valence-corrected chi connectivity index (χ3v) is 2.93. The Kier molecular flexibility index (Phi) is 6.46. The smallest absolute Gasteiger partial charge is 0.342 e. The molecule has 2 aromatic rings. The predicted octanol–water partition coefficient (Wildman–Crippen LogP) is -0.191. The SMILES string of the molecule is CCOc1cccc(/C=N/NC(=O)CCNc2n[nH]c(=O)[nH]c2=O)c1. The second-order valence-electron chi connectivity index (χ2n) is 4.83. The first-order chi connectivity index (χ1) is 12.1. The van der Waals surface area contributed by atoms with Crippen molar-refractivity contribution in [2.24, 2.45) is 5.10 Å². The van der Waals surface area contributed by atoms with E-state index in [4.69, 9.17) is 4.74 Å². The fraction of sp³-hybridized carbons (Fsp3) is 0.267. The van der Waals surface area contributed by atoms with Crippen LogP contribution in [0.2, 0.25) is 0 Å². The quantitative estimate of drug-likeness (QED) is 0.385. The Bertz CT molecular complexity index is 857. The van der Waals surface area contributed by atoms with Gasteiger partial charge in [-0.25, -0.2) is 15.3 Å². The van der Waals surface area contributed by atoms with Crippen LogP contribution in [0.1, 0.15) is 18.9 Å². The van der Waals surface area contributed by atoms with Crippen LogP contribution in [0.25, 0.3) is 0 Å². The number of carbonyl (C=O) groups is 1. The average molecular weight is 346 g/mol. The lowest BCUT2D eigenvalue weighted by molar-refractivity contribution is -0.120. The van der Waals surface area contributed by atoms with E-state index in [9.17, 15) is 14.4 Å². The van der Waals surface area contributed by atoms with Crippen molar-refractivity contribution in [1.29, 1.82) is 0 Å².